The third-order valence-corrected chi connectivity index (χ3v) is 4.87. The highest BCUT2D eigenvalue weighted by Gasteiger charge is 2.29. The van der Waals surface area contributed by atoms with Crippen molar-refractivity contribution >= 4 is 29.2 Å². The second-order valence-electron chi connectivity index (χ2n) is 6.19. The van der Waals surface area contributed by atoms with Crippen LogP contribution in [0.3, 0.4) is 0 Å². The smallest absolute Gasteiger partial charge is 0.319 e. The van der Waals surface area contributed by atoms with Crippen molar-refractivity contribution in [2.75, 3.05) is 31.5 Å². The molecule has 0 unspecified atom stereocenters. The Morgan fingerprint density at radius 1 is 1.25 bits per heavy atom. The highest BCUT2D eigenvalue weighted by atomic mass is 35.5. The molecule has 1 aromatic rings. The van der Waals surface area contributed by atoms with Crippen LogP contribution >= 0.6 is 11.6 Å². The number of urea groups is 1. The molecule has 5 nitrogen and oxygen atoms in total. The Balaban J connectivity index is 1.89. The Morgan fingerprint density at radius 3 is 2.42 bits per heavy atom. The fourth-order valence-electron chi connectivity index (χ4n) is 2.98. The van der Waals surface area contributed by atoms with Gasteiger partial charge >= 0.3 is 6.03 Å². The number of hydrogen-bond donors (Lipinski definition) is 1. The number of nitrogens with zero attached hydrogens (tertiary/aromatic N) is 2. The second kappa shape index (κ2) is 8.38. The minimum atomic E-state index is -0.0804. The standard InChI is InChI=1S/C18H26ClN3O2/c1-4-21(5-2)18(24)22-10-8-14(9-11-22)17(23)20-16-7-6-13(3)12-15(16)19/h6-7,12,14H,4-5,8-11H2,1-3H3,(H,20,23). The number of amides is 3. The molecule has 2 rings (SSSR count). The molecule has 1 aromatic carbocycles. The summed E-state index contributed by atoms with van der Waals surface area (Å²) in [6.07, 6.45) is 1.37. The summed E-state index contributed by atoms with van der Waals surface area (Å²) >= 11 is 6.17. The van der Waals surface area contributed by atoms with Crippen LogP contribution in [0, 0.1) is 12.8 Å². The Morgan fingerprint density at radius 2 is 1.88 bits per heavy atom. The van der Waals surface area contributed by atoms with Crippen LogP contribution in [0.15, 0.2) is 18.2 Å². The van der Waals surface area contributed by atoms with E-state index in [4.69, 9.17) is 11.6 Å². The van der Waals surface area contributed by atoms with Crippen molar-refractivity contribution < 1.29 is 9.59 Å². The fourth-order valence-corrected chi connectivity index (χ4v) is 3.27. The molecule has 0 aromatic heterocycles. The van der Waals surface area contributed by atoms with Gasteiger partial charge in [-0.05, 0) is 51.3 Å². The third-order valence-electron chi connectivity index (χ3n) is 4.55. The average Bonchev–Trinajstić information content (AvgIpc) is 2.58. The number of likely N-dealkylation sites (tertiary alicyclic amines) is 1. The first-order valence-electron chi connectivity index (χ1n) is 8.57. The van der Waals surface area contributed by atoms with E-state index in [2.05, 4.69) is 5.32 Å². The minimum Gasteiger partial charge on any atom is -0.325 e. The van der Waals surface area contributed by atoms with Crippen molar-refractivity contribution in [3.63, 3.8) is 0 Å². The summed E-state index contributed by atoms with van der Waals surface area (Å²) in [5, 5.41) is 3.46. The maximum absolute atomic E-state index is 12.4. The number of aryl methyl sites for hydroxylation is 1. The minimum absolute atomic E-state index is 0.0179. The largest absolute Gasteiger partial charge is 0.325 e. The SMILES string of the molecule is CCN(CC)C(=O)N1CCC(C(=O)Nc2ccc(C)cc2Cl)CC1. The quantitative estimate of drug-likeness (QED) is 0.897. The lowest BCUT2D eigenvalue weighted by atomic mass is 9.96. The van der Waals surface area contributed by atoms with Gasteiger partial charge in [0, 0.05) is 32.1 Å². The summed E-state index contributed by atoms with van der Waals surface area (Å²) in [6, 6.07) is 5.66. The zero-order valence-electron chi connectivity index (χ0n) is 14.6. The van der Waals surface area contributed by atoms with Crippen LogP contribution < -0.4 is 5.32 Å². The lowest BCUT2D eigenvalue weighted by Gasteiger charge is -2.34. The number of halogens is 1. The van der Waals surface area contributed by atoms with Gasteiger partial charge in [0.05, 0.1) is 10.7 Å². The molecule has 132 valence electrons. The van der Waals surface area contributed by atoms with Gasteiger partial charge in [0.1, 0.15) is 0 Å². The van der Waals surface area contributed by atoms with E-state index in [1.165, 1.54) is 0 Å². The molecule has 1 fully saturated rings. The summed E-state index contributed by atoms with van der Waals surface area (Å²) in [7, 11) is 0. The first-order valence-corrected chi connectivity index (χ1v) is 8.94. The van der Waals surface area contributed by atoms with Crippen molar-refractivity contribution in [3.05, 3.63) is 28.8 Å². The molecule has 0 radical (unpaired) electrons. The molecule has 0 bridgehead atoms. The van der Waals surface area contributed by atoms with Gasteiger partial charge in [0.15, 0.2) is 0 Å². The van der Waals surface area contributed by atoms with E-state index in [0.717, 1.165) is 5.56 Å². The zero-order chi connectivity index (χ0) is 17.7. The van der Waals surface area contributed by atoms with E-state index in [9.17, 15) is 9.59 Å². The van der Waals surface area contributed by atoms with Gasteiger partial charge in [-0.3, -0.25) is 4.79 Å². The van der Waals surface area contributed by atoms with Gasteiger partial charge < -0.3 is 15.1 Å². The van der Waals surface area contributed by atoms with Crippen LogP contribution in [-0.4, -0.2) is 47.9 Å². The zero-order valence-corrected chi connectivity index (χ0v) is 15.4. The van der Waals surface area contributed by atoms with Gasteiger partial charge in [0.2, 0.25) is 5.91 Å². The first-order chi connectivity index (χ1) is 11.5. The molecule has 0 spiro atoms. The van der Waals surface area contributed by atoms with Gasteiger partial charge in [-0.1, -0.05) is 17.7 Å². The van der Waals surface area contributed by atoms with Crippen molar-refractivity contribution in [2.24, 2.45) is 5.92 Å². The number of nitrogens with one attached hydrogen (secondary N) is 1. The van der Waals surface area contributed by atoms with Crippen molar-refractivity contribution in [1.82, 2.24) is 9.80 Å². The van der Waals surface area contributed by atoms with Crippen LogP contribution in [-0.2, 0) is 4.79 Å². The Labute approximate surface area is 149 Å². The van der Waals surface area contributed by atoms with Gasteiger partial charge in [-0.2, -0.15) is 0 Å². The van der Waals surface area contributed by atoms with Crippen molar-refractivity contribution in [1.29, 1.82) is 0 Å². The van der Waals surface area contributed by atoms with Crippen LogP contribution in [0.4, 0.5) is 10.5 Å². The van der Waals surface area contributed by atoms with E-state index in [0.29, 0.717) is 49.7 Å². The Kier molecular flexibility index (Phi) is 6.49. The van der Waals surface area contributed by atoms with Crippen LogP contribution in [0.2, 0.25) is 5.02 Å². The van der Waals surface area contributed by atoms with E-state index in [1.807, 2.05) is 48.8 Å². The van der Waals surface area contributed by atoms with Crippen LogP contribution in [0.25, 0.3) is 0 Å². The molecule has 1 saturated heterocycles. The van der Waals surface area contributed by atoms with Gasteiger partial charge in [0.25, 0.3) is 0 Å². The lowest BCUT2D eigenvalue weighted by molar-refractivity contribution is -0.121. The van der Waals surface area contributed by atoms with Gasteiger partial charge in [-0.15, -0.1) is 0 Å². The summed E-state index contributed by atoms with van der Waals surface area (Å²) in [6.45, 7) is 8.58. The predicted octanol–water partition coefficient (Wildman–Crippen LogP) is 3.76. The highest BCUT2D eigenvalue weighted by Crippen LogP contribution is 2.25. The summed E-state index contributed by atoms with van der Waals surface area (Å²) in [4.78, 5) is 28.4. The number of anilines is 1. The molecule has 1 aliphatic rings. The lowest BCUT2D eigenvalue weighted by Crippen LogP contribution is -2.47. The van der Waals surface area contributed by atoms with Crippen molar-refractivity contribution in [2.45, 2.75) is 33.6 Å². The molecule has 0 saturated carbocycles. The normalized spacial score (nSPS) is 15.2. The molecule has 1 heterocycles. The van der Waals surface area contributed by atoms with Crippen molar-refractivity contribution in [3.8, 4) is 0 Å². The number of rotatable bonds is 4. The molecule has 1 aliphatic heterocycles. The maximum atomic E-state index is 12.4. The summed E-state index contributed by atoms with van der Waals surface area (Å²) in [5.74, 6) is -0.0983. The Bertz CT molecular complexity index is 594. The monoisotopic (exact) mass is 351 g/mol. The predicted molar refractivity (Wildman–Crippen MR) is 97.4 cm³/mol. The molecule has 0 aliphatic carbocycles. The number of carbonyl (C=O) groups is 2. The van der Waals surface area contributed by atoms with E-state index >= 15 is 0 Å². The number of benzene rings is 1. The average molecular weight is 352 g/mol. The summed E-state index contributed by atoms with van der Waals surface area (Å²) in [5.41, 5.74) is 1.70. The first kappa shape index (κ1) is 18.6. The molecule has 6 heteroatoms. The Hall–Kier alpha value is -1.75. The molecule has 3 amide bonds. The third kappa shape index (κ3) is 4.41. The highest BCUT2D eigenvalue weighted by molar-refractivity contribution is 6.33. The van der Waals surface area contributed by atoms with Crippen LogP contribution in [0.5, 0.6) is 0 Å². The molecular weight excluding hydrogens is 326 g/mol. The van der Waals surface area contributed by atoms with E-state index in [-0.39, 0.29) is 17.9 Å². The van der Waals surface area contributed by atoms with E-state index in [1.54, 1.807) is 0 Å². The number of carbonyl (C=O) groups excluding carboxylic acids is 2. The summed E-state index contributed by atoms with van der Waals surface area (Å²) < 4.78 is 0. The fraction of sp³-hybridized carbons (Fsp3) is 0.556. The molecule has 0 atom stereocenters. The molecule has 24 heavy (non-hydrogen) atoms. The van der Waals surface area contributed by atoms with E-state index < -0.39 is 0 Å². The number of piperidine rings is 1. The topological polar surface area (TPSA) is 52.7 Å². The van der Waals surface area contributed by atoms with Crippen LogP contribution in [0.1, 0.15) is 32.3 Å². The van der Waals surface area contributed by atoms with Gasteiger partial charge in [-0.25, -0.2) is 4.79 Å². The maximum Gasteiger partial charge on any atom is 0.319 e. The second-order valence-corrected chi connectivity index (χ2v) is 6.60. The number of hydrogen-bond acceptors (Lipinski definition) is 2. The molecule has 1 N–H and O–H groups in total. The molecular formula is C18H26ClN3O2.